The van der Waals surface area contributed by atoms with Crippen molar-refractivity contribution in [2.75, 3.05) is 5.73 Å². The van der Waals surface area contributed by atoms with E-state index in [-0.39, 0.29) is 5.23 Å². The zero-order chi connectivity index (χ0) is 25.5. The molecule has 5 N–H and O–H groups in total. The van der Waals surface area contributed by atoms with Gasteiger partial charge in [-0.25, -0.2) is 4.99 Å². The Kier molecular flexibility index (Phi) is 6.84. The van der Waals surface area contributed by atoms with Gasteiger partial charge in [0.15, 0.2) is 6.10 Å². The number of aliphatic hydroxyl groups is 3. The lowest BCUT2D eigenvalue weighted by molar-refractivity contribution is -0.198. The first kappa shape index (κ1) is 25.1. The van der Waals surface area contributed by atoms with E-state index in [1.54, 1.807) is 16.8 Å². The molecule has 2 aromatic rings. The molecule has 0 bridgehead atoms. The summed E-state index contributed by atoms with van der Waals surface area (Å²) in [7, 11) is 0. The second-order valence-corrected chi connectivity index (χ2v) is 9.49. The van der Waals surface area contributed by atoms with Crippen molar-refractivity contribution in [3.63, 3.8) is 0 Å². The first-order chi connectivity index (χ1) is 16.6. The average Bonchev–Trinajstić information content (AvgIpc) is 3.24. The van der Waals surface area contributed by atoms with Crippen LogP contribution in [0.1, 0.15) is 25.8 Å². The van der Waals surface area contributed by atoms with Gasteiger partial charge in [0.2, 0.25) is 0 Å². The molecule has 1 aromatic heterocycles. The van der Waals surface area contributed by atoms with E-state index in [1.807, 2.05) is 38.1 Å². The molecule has 186 valence electrons. The third-order valence-corrected chi connectivity index (χ3v) is 7.31. The lowest BCUT2D eigenvalue weighted by Crippen LogP contribution is -2.58. The molecule has 3 heterocycles. The van der Waals surface area contributed by atoms with Gasteiger partial charge in [0, 0.05) is 16.9 Å². The van der Waals surface area contributed by atoms with Gasteiger partial charge >= 0.3 is 5.91 Å². The third-order valence-electron chi connectivity index (χ3n) is 6.31. The smallest absolute Gasteiger partial charge is 0.317 e. The molecule has 35 heavy (non-hydrogen) atoms. The minimum Gasteiger partial charge on any atom is -0.461 e. The number of hydrogen-bond acceptors (Lipinski definition) is 10. The third kappa shape index (κ3) is 4.39. The number of hydrogen-bond donors (Lipinski definition) is 4. The number of anilines is 1. The summed E-state index contributed by atoms with van der Waals surface area (Å²) < 4.78 is 13.4. The molecular weight excluding hydrogens is 476 g/mol. The number of ether oxygens (including phenoxy) is 2. The van der Waals surface area contributed by atoms with Crippen molar-refractivity contribution in [3.05, 3.63) is 47.4 Å². The minimum atomic E-state index is -1.80. The van der Waals surface area contributed by atoms with E-state index in [1.165, 1.54) is 0 Å². The van der Waals surface area contributed by atoms with Gasteiger partial charge in [-0.05, 0) is 54.9 Å². The predicted molar refractivity (Wildman–Crippen MR) is 132 cm³/mol. The lowest BCUT2D eigenvalue weighted by Gasteiger charge is -2.40. The van der Waals surface area contributed by atoms with Gasteiger partial charge in [0.1, 0.15) is 35.2 Å². The first-order valence-corrected chi connectivity index (χ1v) is 11.8. The van der Waals surface area contributed by atoms with E-state index in [0.29, 0.717) is 17.9 Å². The molecule has 2 aliphatic heterocycles. The highest BCUT2D eigenvalue weighted by Crippen LogP contribution is 2.44. The number of benzene rings is 1. The van der Waals surface area contributed by atoms with Gasteiger partial charge in [-0.15, -0.1) is 4.91 Å². The number of aromatic nitrogens is 1. The van der Waals surface area contributed by atoms with Crippen molar-refractivity contribution in [3.8, 4) is 11.3 Å². The number of nitrogens with two attached hydrogens (primary N) is 1. The van der Waals surface area contributed by atoms with Gasteiger partial charge in [-0.3, -0.25) is 4.79 Å². The molecule has 6 unspecified atom stereocenters. The molecule has 12 heteroatoms. The Bertz CT molecular complexity index is 1200. The summed E-state index contributed by atoms with van der Waals surface area (Å²) in [4.78, 5) is 26.9. The van der Waals surface area contributed by atoms with E-state index < -0.39 is 41.4 Å². The highest BCUT2D eigenvalue weighted by molar-refractivity contribution is 8.14. The van der Waals surface area contributed by atoms with Gasteiger partial charge in [-0.2, -0.15) is 0 Å². The van der Waals surface area contributed by atoms with E-state index in [2.05, 4.69) is 16.7 Å². The predicted octanol–water partition coefficient (Wildman–Crippen LogP) is 2.31. The van der Waals surface area contributed by atoms with Crippen LogP contribution in [0.3, 0.4) is 0 Å². The number of nitroso groups, excluding NO2 is 1. The van der Waals surface area contributed by atoms with Crippen molar-refractivity contribution in [2.45, 2.75) is 55.7 Å². The monoisotopic (exact) mass is 502 g/mol. The Labute approximate surface area is 205 Å². The van der Waals surface area contributed by atoms with Gasteiger partial charge in [-0.1, -0.05) is 19.6 Å². The maximum absolute atomic E-state index is 11.7. The number of carbonyl (C=O) groups is 1. The summed E-state index contributed by atoms with van der Waals surface area (Å²) in [5.41, 5.74) is 7.17. The summed E-state index contributed by atoms with van der Waals surface area (Å²) in [6, 6.07) is 9.37. The van der Waals surface area contributed by atoms with Crippen molar-refractivity contribution < 1.29 is 29.6 Å². The van der Waals surface area contributed by atoms with Crippen LogP contribution in [0.4, 0.5) is 11.5 Å². The fraction of sp³-hybridized carbons (Fsp3) is 0.391. The number of thioether (sulfide) groups is 1. The van der Waals surface area contributed by atoms with E-state index in [0.717, 1.165) is 28.6 Å². The van der Waals surface area contributed by atoms with Gasteiger partial charge in [0.25, 0.3) is 5.23 Å². The van der Waals surface area contributed by atoms with E-state index >= 15 is 0 Å². The lowest BCUT2D eigenvalue weighted by atomic mass is 9.89. The van der Waals surface area contributed by atoms with Crippen molar-refractivity contribution in [1.29, 1.82) is 0 Å². The summed E-state index contributed by atoms with van der Waals surface area (Å²) in [6.07, 6.45) is -4.63. The van der Waals surface area contributed by atoms with Crippen molar-refractivity contribution >= 4 is 40.6 Å². The SMILES string of the molecule is C=Cn1c(N)ccc1-c1ccc2c(c1)C(C)(CC)OC(SC1OC(C(=O)N=O)C(O)C(O)C1O)=N2. The Morgan fingerprint density at radius 3 is 2.69 bits per heavy atom. The minimum absolute atomic E-state index is 0.131. The van der Waals surface area contributed by atoms with Crippen molar-refractivity contribution in [1.82, 2.24) is 4.57 Å². The van der Waals surface area contributed by atoms with Crippen LogP contribution in [0, 0.1) is 4.91 Å². The Morgan fingerprint density at radius 1 is 1.29 bits per heavy atom. The molecule has 11 nitrogen and oxygen atoms in total. The first-order valence-electron chi connectivity index (χ1n) is 10.9. The highest BCUT2D eigenvalue weighted by Gasteiger charge is 2.49. The molecule has 0 radical (unpaired) electrons. The average molecular weight is 503 g/mol. The van der Waals surface area contributed by atoms with Crippen LogP contribution in [0.5, 0.6) is 0 Å². The number of amides is 1. The number of nitrogen functional groups attached to an aromatic ring is 1. The van der Waals surface area contributed by atoms with Crippen LogP contribution in [0.25, 0.3) is 17.5 Å². The summed E-state index contributed by atoms with van der Waals surface area (Å²) in [5, 5.41) is 33.0. The fourth-order valence-electron chi connectivity index (χ4n) is 4.10. The maximum Gasteiger partial charge on any atom is 0.317 e. The summed E-state index contributed by atoms with van der Waals surface area (Å²) >= 11 is 0.833. The number of carbonyl (C=O) groups excluding carboxylic acids is 1. The molecule has 6 atom stereocenters. The number of rotatable bonds is 5. The number of nitrogens with zero attached hydrogens (tertiary/aromatic N) is 3. The van der Waals surface area contributed by atoms with Crippen LogP contribution in [-0.2, 0) is 19.9 Å². The topological polar surface area (TPSA) is 169 Å². The molecule has 0 aliphatic carbocycles. The van der Waals surface area contributed by atoms with Crippen LogP contribution >= 0.6 is 11.8 Å². The molecule has 1 fully saturated rings. The molecule has 0 saturated carbocycles. The summed E-state index contributed by atoms with van der Waals surface area (Å²) in [5.74, 6) is -0.736. The second-order valence-electron chi connectivity index (χ2n) is 8.44. The maximum atomic E-state index is 11.7. The zero-order valence-corrected chi connectivity index (χ0v) is 19.9. The van der Waals surface area contributed by atoms with Crippen LogP contribution in [0.15, 0.2) is 47.1 Å². The molecule has 0 spiro atoms. The number of fused-ring (bicyclic) bond motifs is 1. The largest absolute Gasteiger partial charge is 0.461 e. The van der Waals surface area contributed by atoms with E-state index in [9.17, 15) is 25.0 Å². The van der Waals surface area contributed by atoms with Gasteiger partial charge in [0.05, 0.1) is 11.4 Å². The van der Waals surface area contributed by atoms with Gasteiger partial charge < -0.3 is 35.1 Å². The second kappa shape index (κ2) is 9.55. The number of aliphatic imine (C=N–C) groups is 1. The van der Waals surface area contributed by atoms with Crippen molar-refractivity contribution in [2.24, 2.45) is 10.2 Å². The molecule has 1 saturated heterocycles. The van der Waals surface area contributed by atoms with Crippen LogP contribution < -0.4 is 5.73 Å². The Balaban J connectivity index is 1.67. The molecular formula is C23H26N4O7S. The summed E-state index contributed by atoms with van der Waals surface area (Å²) in [6.45, 7) is 7.65. The fourth-order valence-corrected chi connectivity index (χ4v) is 5.16. The highest BCUT2D eigenvalue weighted by atomic mass is 32.2. The Hall–Kier alpha value is -3.03. The standard InChI is InChI=1S/C23H26N4O7S/c1-4-23(3)12-10-11(14-8-9-15(24)27(14)5-2)6-7-13(12)25-22(34-23)35-21-18(30)16(28)17(29)19(33-21)20(31)26-32/h5-10,16-19,21,28-30H,2,4,24H2,1,3H3. The van der Waals surface area contributed by atoms with Crippen LogP contribution in [-0.4, -0.2) is 60.9 Å². The molecule has 2 aliphatic rings. The quantitative estimate of drug-likeness (QED) is 0.448. The normalized spacial score (nSPS) is 30.1. The number of aliphatic hydroxyl groups excluding tert-OH is 3. The van der Waals surface area contributed by atoms with Crippen LogP contribution in [0.2, 0.25) is 0 Å². The molecule has 1 amide bonds. The molecule has 1 aromatic carbocycles. The molecule has 4 rings (SSSR count). The van der Waals surface area contributed by atoms with E-state index in [4.69, 9.17) is 15.2 Å². The Morgan fingerprint density at radius 2 is 2.03 bits per heavy atom. The zero-order valence-electron chi connectivity index (χ0n) is 19.1.